The minimum atomic E-state index is -3.66. The maximum absolute atomic E-state index is 13.2. The third-order valence-electron chi connectivity index (χ3n) is 7.15. The Labute approximate surface area is 236 Å². The van der Waals surface area contributed by atoms with Gasteiger partial charge in [-0.05, 0) is 62.2 Å². The second-order valence-corrected chi connectivity index (χ2v) is 11.7. The molecule has 2 aromatic carbocycles. The number of carbonyl (C=O) groups is 1. The van der Waals surface area contributed by atoms with Crippen molar-refractivity contribution in [2.75, 3.05) is 31.6 Å². The summed E-state index contributed by atoms with van der Waals surface area (Å²) >= 11 is 0. The number of carbonyl (C=O) groups excluding carboxylic acids is 1. The van der Waals surface area contributed by atoms with Crippen molar-refractivity contribution in [2.45, 2.75) is 25.7 Å². The Morgan fingerprint density at radius 3 is 2.49 bits per heavy atom. The fourth-order valence-corrected chi connectivity index (χ4v) is 6.20. The number of fused-ring (bicyclic) bond motifs is 1. The number of aryl methyl sites for hydroxylation is 2. The maximum Gasteiger partial charge on any atom is 0.256 e. The smallest absolute Gasteiger partial charge is 0.256 e. The molecule has 5 aromatic rings. The highest BCUT2D eigenvalue weighted by molar-refractivity contribution is 7.89. The summed E-state index contributed by atoms with van der Waals surface area (Å²) in [5, 5.41) is 12.7. The van der Waals surface area contributed by atoms with Crippen LogP contribution in [0.1, 0.15) is 27.2 Å². The lowest BCUT2D eigenvalue weighted by molar-refractivity contribution is 0.0730. The molecule has 0 radical (unpaired) electrons. The Morgan fingerprint density at radius 1 is 0.976 bits per heavy atom. The van der Waals surface area contributed by atoms with Crippen molar-refractivity contribution < 1.29 is 17.9 Å². The van der Waals surface area contributed by atoms with E-state index in [9.17, 15) is 13.2 Å². The van der Waals surface area contributed by atoms with Crippen LogP contribution in [-0.4, -0.2) is 74.5 Å². The van der Waals surface area contributed by atoms with Gasteiger partial charge in [0.1, 0.15) is 12.1 Å². The van der Waals surface area contributed by atoms with Gasteiger partial charge in [-0.15, -0.1) is 0 Å². The minimum absolute atomic E-state index is 0.126. The molecular formula is C28H28N8O4S. The predicted molar refractivity (Wildman–Crippen MR) is 152 cm³/mol. The SMILES string of the molecule is Cc1cc(NC(=O)c2ccc(S(=O)(=O)N3CCOCC3)cc2)n(-c2ncnc3c2cnn3-c2cccc(C)c2C)n1. The molecule has 0 aliphatic carbocycles. The van der Waals surface area contributed by atoms with Crippen LogP contribution in [0.3, 0.4) is 0 Å². The number of nitrogens with one attached hydrogen (secondary N) is 1. The first-order valence-electron chi connectivity index (χ1n) is 13.1. The van der Waals surface area contributed by atoms with Gasteiger partial charge in [-0.3, -0.25) is 4.79 Å². The molecule has 1 fully saturated rings. The summed E-state index contributed by atoms with van der Waals surface area (Å²) in [6.45, 7) is 7.21. The number of sulfonamides is 1. The standard InChI is InChI=1S/C28H28N8O4S/c1-18-5-4-6-24(20(18)3)35-26-23(16-31-35)27(30-17-29-26)36-25(15-19(2)33-36)32-28(37)21-7-9-22(10-8-21)41(38,39)34-11-13-40-14-12-34/h4-10,15-17H,11-14H2,1-3H3,(H,32,37). The second-order valence-electron chi connectivity index (χ2n) is 9.79. The molecule has 0 saturated carbocycles. The Bertz CT molecular complexity index is 1870. The number of nitrogens with zero attached hydrogens (tertiary/aromatic N) is 7. The molecule has 13 heteroatoms. The van der Waals surface area contributed by atoms with E-state index in [1.807, 2.05) is 39.0 Å². The molecule has 1 saturated heterocycles. The van der Waals surface area contributed by atoms with Crippen molar-refractivity contribution in [3.63, 3.8) is 0 Å². The lowest BCUT2D eigenvalue weighted by Gasteiger charge is -2.26. The topological polar surface area (TPSA) is 137 Å². The Balaban J connectivity index is 1.29. The number of hydrogen-bond donors (Lipinski definition) is 1. The van der Waals surface area contributed by atoms with Gasteiger partial charge in [0.15, 0.2) is 11.5 Å². The molecule has 6 rings (SSSR count). The van der Waals surface area contributed by atoms with E-state index in [2.05, 4.69) is 25.5 Å². The second kappa shape index (κ2) is 10.5. The number of hydrogen-bond acceptors (Lipinski definition) is 8. The molecule has 12 nitrogen and oxygen atoms in total. The first kappa shape index (κ1) is 26.7. The zero-order valence-electron chi connectivity index (χ0n) is 22.8. The van der Waals surface area contributed by atoms with E-state index in [1.165, 1.54) is 34.9 Å². The van der Waals surface area contributed by atoms with Crippen LogP contribution in [0.5, 0.6) is 0 Å². The van der Waals surface area contributed by atoms with Gasteiger partial charge in [-0.2, -0.15) is 19.2 Å². The number of ether oxygens (including phenoxy) is 1. The fraction of sp³-hybridized carbons (Fsp3) is 0.250. The van der Waals surface area contributed by atoms with E-state index >= 15 is 0 Å². The lowest BCUT2D eigenvalue weighted by atomic mass is 10.1. The summed E-state index contributed by atoms with van der Waals surface area (Å²) in [6.07, 6.45) is 3.12. The van der Waals surface area contributed by atoms with Gasteiger partial charge in [0.25, 0.3) is 5.91 Å². The Kier molecular flexibility index (Phi) is 6.85. The number of benzene rings is 2. The van der Waals surface area contributed by atoms with Gasteiger partial charge in [0.2, 0.25) is 10.0 Å². The van der Waals surface area contributed by atoms with Gasteiger partial charge in [-0.1, -0.05) is 12.1 Å². The summed E-state index contributed by atoms with van der Waals surface area (Å²) < 4.78 is 35.8. The number of aromatic nitrogens is 6. The zero-order valence-corrected chi connectivity index (χ0v) is 23.6. The van der Waals surface area contributed by atoms with Crippen LogP contribution in [0.2, 0.25) is 0 Å². The summed E-state index contributed by atoms with van der Waals surface area (Å²) in [5.41, 5.74) is 4.71. The molecule has 1 amide bonds. The minimum Gasteiger partial charge on any atom is -0.379 e. The fourth-order valence-electron chi connectivity index (χ4n) is 4.79. The molecule has 0 atom stereocenters. The first-order valence-corrected chi connectivity index (χ1v) is 14.5. The normalized spacial score (nSPS) is 14.4. The van der Waals surface area contributed by atoms with Crippen LogP contribution in [-0.2, 0) is 14.8 Å². The molecule has 0 spiro atoms. The van der Waals surface area contributed by atoms with Crippen LogP contribution in [0.25, 0.3) is 22.5 Å². The molecule has 0 unspecified atom stereocenters. The Morgan fingerprint density at radius 2 is 1.73 bits per heavy atom. The highest BCUT2D eigenvalue weighted by Gasteiger charge is 2.26. The molecule has 1 N–H and O–H groups in total. The number of anilines is 1. The van der Waals surface area contributed by atoms with Crippen LogP contribution in [0.15, 0.2) is 66.0 Å². The van der Waals surface area contributed by atoms with E-state index in [4.69, 9.17) is 4.74 Å². The van der Waals surface area contributed by atoms with Crippen LogP contribution < -0.4 is 5.32 Å². The molecule has 0 bridgehead atoms. The van der Waals surface area contributed by atoms with Crippen molar-refractivity contribution in [2.24, 2.45) is 0 Å². The maximum atomic E-state index is 13.2. The first-order chi connectivity index (χ1) is 19.7. The highest BCUT2D eigenvalue weighted by atomic mass is 32.2. The molecule has 1 aliphatic heterocycles. The molecule has 4 heterocycles. The number of morpholine rings is 1. The number of rotatable bonds is 6. The van der Waals surface area contributed by atoms with E-state index in [1.54, 1.807) is 21.6 Å². The third kappa shape index (κ3) is 4.88. The van der Waals surface area contributed by atoms with Crippen molar-refractivity contribution >= 4 is 32.8 Å². The van der Waals surface area contributed by atoms with Gasteiger partial charge in [0, 0.05) is 24.7 Å². The van der Waals surface area contributed by atoms with Crippen molar-refractivity contribution in [1.29, 1.82) is 0 Å². The van der Waals surface area contributed by atoms with Crippen LogP contribution in [0.4, 0.5) is 5.82 Å². The molecular weight excluding hydrogens is 544 g/mol. The van der Waals surface area contributed by atoms with Crippen molar-refractivity contribution in [3.8, 4) is 11.5 Å². The van der Waals surface area contributed by atoms with Crippen LogP contribution >= 0.6 is 0 Å². The van der Waals surface area contributed by atoms with E-state index in [-0.39, 0.29) is 4.90 Å². The largest absolute Gasteiger partial charge is 0.379 e. The summed E-state index contributed by atoms with van der Waals surface area (Å²) in [7, 11) is -3.66. The predicted octanol–water partition coefficient (Wildman–Crippen LogP) is 3.20. The van der Waals surface area contributed by atoms with Gasteiger partial charge >= 0.3 is 0 Å². The van der Waals surface area contributed by atoms with Crippen molar-refractivity contribution in [3.05, 3.63) is 83.4 Å². The van der Waals surface area contributed by atoms with E-state index < -0.39 is 15.9 Å². The average Bonchev–Trinajstić information content (AvgIpc) is 3.58. The van der Waals surface area contributed by atoms with E-state index in [0.717, 1.165) is 16.8 Å². The third-order valence-corrected chi connectivity index (χ3v) is 9.06. The average molecular weight is 573 g/mol. The lowest BCUT2D eigenvalue weighted by Crippen LogP contribution is -2.40. The molecule has 210 valence electrons. The van der Waals surface area contributed by atoms with Gasteiger partial charge in [-0.25, -0.2) is 23.1 Å². The molecule has 1 aliphatic rings. The Hall–Kier alpha value is -4.46. The van der Waals surface area contributed by atoms with Crippen molar-refractivity contribution in [1.82, 2.24) is 33.8 Å². The van der Waals surface area contributed by atoms with Gasteiger partial charge in [0.05, 0.1) is 41.1 Å². The van der Waals surface area contributed by atoms with Gasteiger partial charge < -0.3 is 10.1 Å². The highest BCUT2D eigenvalue weighted by Crippen LogP contribution is 2.26. The molecule has 3 aromatic heterocycles. The summed E-state index contributed by atoms with van der Waals surface area (Å²) in [4.78, 5) is 22.3. The summed E-state index contributed by atoms with van der Waals surface area (Å²) in [5.74, 6) is 0.441. The van der Waals surface area contributed by atoms with Crippen LogP contribution in [0, 0.1) is 20.8 Å². The number of amides is 1. The molecule has 41 heavy (non-hydrogen) atoms. The zero-order chi connectivity index (χ0) is 28.7. The monoisotopic (exact) mass is 572 g/mol. The van der Waals surface area contributed by atoms with E-state index in [0.29, 0.717) is 60.2 Å². The summed E-state index contributed by atoms with van der Waals surface area (Å²) in [6, 6.07) is 13.6. The quantitative estimate of drug-likeness (QED) is 0.328.